The average molecular weight is 1240 g/mol. The molecule has 0 unspecified atom stereocenters. The van der Waals surface area contributed by atoms with Crippen molar-refractivity contribution in [3.8, 4) is 69.7 Å². The zero-order valence-corrected chi connectivity index (χ0v) is 57.5. The van der Waals surface area contributed by atoms with Gasteiger partial charge in [-0.1, -0.05) is 282 Å². The molecule has 0 spiro atoms. The highest BCUT2D eigenvalue weighted by atomic mass is 32.1. The van der Waals surface area contributed by atoms with Crippen LogP contribution in [0.2, 0.25) is 0 Å². The van der Waals surface area contributed by atoms with Crippen LogP contribution in [-0.4, -0.2) is 0 Å². The Bertz CT molecular complexity index is 2700. The molecule has 454 valence electrons. The van der Waals surface area contributed by atoms with Crippen molar-refractivity contribution in [1.82, 2.24) is 0 Å². The van der Waals surface area contributed by atoms with Crippen molar-refractivity contribution in [2.24, 2.45) is 0 Å². The largest absolute Gasteiger partial charge is 0.134 e. The third-order valence-corrected chi connectivity index (χ3v) is 25.4. The second-order valence-corrected chi connectivity index (χ2v) is 31.2. The first-order valence-corrected chi connectivity index (χ1v) is 39.2. The van der Waals surface area contributed by atoms with Crippen molar-refractivity contribution in [3.63, 3.8) is 0 Å². The molecule has 8 rings (SSSR count). The van der Waals surface area contributed by atoms with Crippen LogP contribution < -0.4 is 0 Å². The molecule has 0 fully saturated rings. The van der Waals surface area contributed by atoms with Crippen molar-refractivity contribution >= 4 is 68.0 Å². The van der Waals surface area contributed by atoms with Crippen LogP contribution in [0.3, 0.4) is 0 Å². The van der Waals surface area contributed by atoms with E-state index in [0.29, 0.717) is 11.8 Å². The standard InChI is InChI=1S/C78H106S6/c1-5-9-13-17-21-25-29-33-37-61(38-34-30-26-22-18-14-10-6-2)63-41-45-65(46-42-63)67-49-51-69(79-67)71-53-55-73(81-71)75-57-59-77(83-75)78-60-58-76(84-78)74-56-54-72(82-74)70-52-50-68(80-70)66-47-43-64(44-48-66)62(39-35-31-27-23-19-15-11-7-3)40-36-32-28-24-20-16-12-8-4/h41-62H,5-40H2,1-4H3. The predicted octanol–water partition coefficient (Wildman–Crippen LogP) is 30.0. The SMILES string of the molecule is CCCCCCCCCCC(CCCCCCCCCC)c1ccc(-c2ccc(-c3ccc(-c4ccc(-c5ccc(-c6ccc(-c7ccc(-c8ccc(C(CCCCCCCCCC)CCCCCCCCCC)cc8)s7)s6)s5)s4)s3)s2)cc1. The molecule has 6 aromatic heterocycles. The number of benzene rings is 2. The molecule has 6 heteroatoms. The van der Waals surface area contributed by atoms with Gasteiger partial charge in [0.05, 0.1) is 0 Å². The van der Waals surface area contributed by atoms with Crippen molar-refractivity contribution in [2.45, 2.75) is 271 Å². The summed E-state index contributed by atoms with van der Waals surface area (Å²) in [4.78, 5) is 16.4. The van der Waals surface area contributed by atoms with E-state index in [1.807, 2.05) is 68.0 Å². The molecular formula is C78H106S6. The van der Waals surface area contributed by atoms with E-state index in [2.05, 4.69) is 149 Å². The number of rotatable bonds is 45. The topological polar surface area (TPSA) is 0 Å². The molecule has 8 aromatic rings. The maximum Gasteiger partial charge on any atom is 0.0449 e. The molecule has 84 heavy (non-hydrogen) atoms. The van der Waals surface area contributed by atoms with Crippen LogP contribution in [0.1, 0.15) is 282 Å². The number of thiophene rings is 6. The van der Waals surface area contributed by atoms with Gasteiger partial charge in [0.1, 0.15) is 0 Å². The molecule has 0 radical (unpaired) electrons. The number of hydrogen-bond acceptors (Lipinski definition) is 6. The third-order valence-electron chi connectivity index (χ3n) is 17.8. The smallest absolute Gasteiger partial charge is 0.0449 e. The van der Waals surface area contributed by atoms with Gasteiger partial charge in [0, 0.05) is 58.5 Å². The fourth-order valence-corrected chi connectivity index (χ4v) is 19.1. The molecule has 0 N–H and O–H groups in total. The van der Waals surface area contributed by atoms with Crippen LogP contribution in [0, 0.1) is 0 Å². The Balaban J connectivity index is 0.829. The van der Waals surface area contributed by atoms with E-state index in [0.717, 1.165) is 0 Å². The molecule has 6 heterocycles. The fraction of sp³-hybridized carbons (Fsp3) is 0.538. The molecule has 2 aromatic carbocycles. The Morgan fingerprint density at radius 2 is 0.357 bits per heavy atom. The Kier molecular flexibility index (Phi) is 30.8. The zero-order valence-electron chi connectivity index (χ0n) is 52.6. The normalized spacial score (nSPS) is 11.8. The van der Waals surface area contributed by atoms with Gasteiger partial charge in [-0.25, -0.2) is 0 Å². The second-order valence-electron chi connectivity index (χ2n) is 24.7. The van der Waals surface area contributed by atoms with E-state index < -0.39 is 0 Å². The van der Waals surface area contributed by atoms with E-state index >= 15 is 0 Å². The Morgan fingerprint density at radius 1 is 0.190 bits per heavy atom. The second kappa shape index (κ2) is 38.8. The Morgan fingerprint density at radius 3 is 0.560 bits per heavy atom. The van der Waals surface area contributed by atoms with Gasteiger partial charge in [-0.3, -0.25) is 0 Å². The minimum Gasteiger partial charge on any atom is -0.134 e. The lowest BCUT2D eigenvalue weighted by atomic mass is 9.87. The summed E-state index contributed by atoms with van der Waals surface area (Å²) in [6.07, 6.45) is 50.1. The summed E-state index contributed by atoms with van der Waals surface area (Å²) in [7, 11) is 0. The fourth-order valence-electron chi connectivity index (χ4n) is 12.6. The highest BCUT2D eigenvalue weighted by molar-refractivity contribution is 7.30. The van der Waals surface area contributed by atoms with Crippen LogP contribution >= 0.6 is 68.0 Å². The van der Waals surface area contributed by atoms with Crippen molar-refractivity contribution < 1.29 is 0 Å². The van der Waals surface area contributed by atoms with Gasteiger partial charge < -0.3 is 0 Å². The molecule has 0 aliphatic rings. The molecule has 0 bridgehead atoms. The van der Waals surface area contributed by atoms with Crippen LogP contribution in [0.25, 0.3) is 69.7 Å². The summed E-state index contributed by atoms with van der Waals surface area (Å²) in [5.74, 6) is 1.39. The lowest BCUT2D eigenvalue weighted by Crippen LogP contribution is -2.00. The Hall–Kier alpha value is -3.36. The minimum atomic E-state index is 0.694. The van der Waals surface area contributed by atoms with Crippen molar-refractivity contribution in [3.05, 3.63) is 132 Å². The van der Waals surface area contributed by atoms with Crippen molar-refractivity contribution in [2.75, 3.05) is 0 Å². The zero-order chi connectivity index (χ0) is 58.2. The van der Waals surface area contributed by atoms with E-state index in [-0.39, 0.29) is 0 Å². The summed E-state index contributed by atoms with van der Waals surface area (Å²) in [6, 6.07) is 47.7. The third kappa shape index (κ3) is 22.0. The first kappa shape index (κ1) is 66.6. The number of unbranched alkanes of at least 4 members (excludes halogenated alkanes) is 28. The summed E-state index contributed by atoms with van der Waals surface area (Å²) >= 11 is 11.6. The van der Waals surface area contributed by atoms with Gasteiger partial charge in [-0.2, -0.15) is 0 Å². The first-order chi connectivity index (χ1) is 41.5. The molecule has 0 aliphatic carbocycles. The number of hydrogen-bond donors (Lipinski definition) is 0. The van der Waals surface area contributed by atoms with E-state index in [9.17, 15) is 0 Å². The minimum absolute atomic E-state index is 0.694. The summed E-state index contributed by atoms with van der Waals surface area (Å²) in [5.41, 5.74) is 5.84. The van der Waals surface area contributed by atoms with E-state index in [1.54, 1.807) is 11.1 Å². The average Bonchev–Trinajstić information content (AvgIpc) is 3.78. The molecule has 0 amide bonds. The summed E-state index contributed by atoms with van der Waals surface area (Å²) in [5, 5.41) is 0. The van der Waals surface area contributed by atoms with Gasteiger partial charge in [0.25, 0.3) is 0 Å². The van der Waals surface area contributed by atoms with Crippen LogP contribution in [0.4, 0.5) is 0 Å². The van der Waals surface area contributed by atoms with Gasteiger partial charge in [-0.05, 0) is 133 Å². The van der Waals surface area contributed by atoms with Gasteiger partial charge in [-0.15, -0.1) is 68.0 Å². The van der Waals surface area contributed by atoms with Gasteiger partial charge in [0.15, 0.2) is 0 Å². The first-order valence-electron chi connectivity index (χ1n) is 34.3. The Labute approximate surface area is 536 Å². The van der Waals surface area contributed by atoms with E-state index in [1.165, 1.54) is 301 Å². The summed E-state index contributed by atoms with van der Waals surface area (Å²) < 4.78 is 0. The van der Waals surface area contributed by atoms with Crippen LogP contribution in [0.5, 0.6) is 0 Å². The molecular weight excluding hydrogens is 1130 g/mol. The monoisotopic (exact) mass is 1230 g/mol. The highest BCUT2D eigenvalue weighted by Crippen LogP contribution is 2.47. The van der Waals surface area contributed by atoms with Crippen LogP contribution in [-0.2, 0) is 0 Å². The maximum absolute atomic E-state index is 2.48. The molecule has 0 nitrogen and oxygen atoms in total. The predicted molar refractivity (Wildman–Crippen MR) is 386 cm³/mol. The molecule has 0 saturated carbocycles. The molecule has 0 aliphatic heterocycles. The maximum atomic E-state index is 2.48. The van der Waals surface area contributed by atoms with Crippen LogP contribution in [0.15, 0.2) is 121 Å². The van der Waals surface area contributed by atoms with E-state index in [4.69, 9.17) is 0 Å². The molecule has 0 atom stereocenters. The van der Waals surface area contributed by atoms with Crippen molar-refractivity contribution in [1.29, 1.82) is 0 Å². The lowest BCUT2D eigenvalue weighted by molar-refractivity contribution is 0.483. The van der Waals surface area contributed by atoms with Gasteiger partial charge >= 0.3 is 0 Å². The molecule has 0 saturated heterocycles. The highest BCUT2D eigenvalue weighted by Gasteiger charge is 2.18. The van der Waals surface area contributed by atoms with Gasteiger partial charge in [0.2, 0.25) is 0 Å². The lowest BCUT2D eigenvalue weighted by Gasteiger charge is -2.18. The quantitative estimate of drug-likeness (QED) is 0.0334. The summed E-state index contributed by atoms with van der Waals surface area (Å²) in [6.45, 7) is 9.28.